The second-order valence-corrected chi connectivity index (χ2v) is 7.10. The van der Waals surface area contributed by atoms with Gasteiger partial charge in [-0.1, -0.05) is 72.8 Å². The summed E-state index contributed by atoms with van der Waals surface area (Å²) >= 11 is 0. The van der Waals surface area contributed by atoms with E-state index in [0.29, 0.717) is 18.8 Å². The molecule has 1 heterocycles. The predicted octanol–water partition coefficient (Wildman–Crippen LogP) is 1.14. The third-order valence-corrected chi connectivity index (χ3v) is 5.42. The summed E-state index contributed by atoms with van der Waals surface area (Å²) in [7, 11) is 0. The van der Waals surface area contributed by atoms with Gasteiger partial charge in [0.1, 0.15) is 11.4 Å². The summed E-state index contributed by atoms with van der Waals surface area (Å²) in [4.78, 5) is 2.26. The average Bonchev–Trinajstić information content (AvgIpc) is 2.76. The van der Waals surface area contributed by atoms with Crippen LogP contribution in [0, 0.1) is 5.82 Å². The standard InChI is InChI=1S/C24H24FNO2.ClH/c25-22-13-11-21(12-14-22)24(27,20-9-5-2-6-10-20)23(19-7-3-1-4-8-19)26-15-17-28-18-16-26;/h1-14,23,27H,15-18H2;1H/p-1. The summed E-state index contributed by atoms with van der Waals surface area (Å²) in [6.45, 7) is 2.68. The van der Waals surface area contributed by atoms with E-state index in [9.17, 15) is 9.50 Å². The van der Waals surface area contributed by atoms with E-state index in [1.807, 2.05) is 60.7 Å². The Hall–Kier alpha value is -2.24. The molecule has 0 spiro atoms. The fourth-order valence-corrected chi connectivity index (χ4v) is 4.07. The first kappa shape index (κ1) is 21.5. The van der Waals surface area contributed by atoms with E-state index in [0.717, 1.165) is 24.2 Å². The second kappa shape index (κ2) is 9.51. The molecule has 0 radical (unpaired) electrons. The SMILES string of the molecule is OC(c1ccccc1)(c1ccc(F)cc1)C(c1ccccc1)N1CCOCC1.[Cl-]. The van der Waals surface area contributed by atoms with Gasteiger partial charge in [0.2, 0.25) is 0 Å². The maximum absolute atomic E-state index is 13.6. The van der Waals surface area contributed by atoms with E-state index in [2.05, 4.69) is 4.90 Å². The molecule has 1 aliphatic heterocycles. The Bertz CT molecular complexity index is 886. The van der Waals surface area contributed by atoms with Crippen molar-refractivity contribution in [3.63, 3.8) is 0 Å². The van der Waals surface area contributed by atoms with Gasteiger partial charge in [-0.15, -0.1) is 0 Å². The van der Waals surface area contributed by atoms with Crippen molar-refractivity contribution in [1.29, 1.82) is 0 Å². The van der Waals surface area contributed by atoms with Crippen molar-refractivity contribution in [2.75, 3.05) is 26.3 Å². The van der Waals surface area contributed by atoms with Gasteiger partial charge in [0.15, 0.2) is 0 Å². The second-order valence-electron chi connectivity index (χ2n) is 7.10. The lowest BCUT2D eigenvalue weighted by atomic mass is 9.76. The highest BCUT2D eigenvalue weighted by Gasteiger charge is 2.44. The molecule has 3 aromatic rings. The minimum Gasteiger partial charge on any atom is -1.00 e. The van der Waals surface area contributed by atoms with Gasteiger partial charge in [0, 0.05) is 13.1 Å². The Labute approximate surface area is 177 Å². The first-order valence-corrected chi connectivity index (χ1v) is 9.60. The Morgan fingerprint density at radius 3 is 1.90 bits per heavy atom. The normalized spacial score (nSPS) is 17.7. The minimum atomic E-state index is -1.34. The molecular weight excluding hydrogens is 389 g/mol. The molecule has 5 heteroatoms. The number of nitrogens with zero attached hydrogens (tertiary/aromatic N) is 1. The monoisotopic (exact) mass is 412 g/mol. The summed E-state index contributed by atoms with van der Waals surface area (Å²) in [6.07, 6.45) is 0. The Morgan fingerprint density at radius 2 is 1.31 bits per heavy atom. The van der Waals surface area contributed by atoms with Crippen molar-refractivity contribution in [1.82, 2.24) is 4.90 Å². The topological polar surface area (TPSA) is 32.7 Å². The minimum absolute atomic E-state index is 0. The number of ether oxygens (including phenoxy) is 1. The molecule has 0 aliphatic carbocycles. The van der Waals surface area contributed by atoms with Crippen molar-refractivity contribution in [2.24, 2.45) is 0 Å². The van der Waals surface area contributed by atoms with Crippen LogP contribution in [0.5, 0.6) is 0 Å². The molecule has 3 nitrogen and oxygen atoms in total. The van der Waals surface area contributed by atoms with Crippen LogP contribution in [0.25, 0.3) is 0 Å². The van der Waals surface area contributed by atoms with E-state index in [-0.39, 0.29) is 24.3 Å². The zero-order valence-electron chi connectivity index (χ0n) is 16.0. The first-order valence-electron chi connectivity index (χ1n) is 9.60. The summed E-state index contributed by atoms with van der Waals surface area (Å²) in [5, 5.41) is 12.3. The van der Waals surface area contributed by atoms with Crippen molar-refractivity contribution in [3.05, 3.63) is 107 Å². The van der Waals surface area contributed by atoms with Gasteiger partial charge in [-0.05, 0) is 28.8 Å². The number of benzene rings is 3. The maximum Gasteiger partial charge on any atom is 0.134 e. The van der Waals surface area contributed by atoms with Gasteiger partial charge in [0.25, 0.3) is 0 Å². The molecule has 1 aliphatic rings. The van der Waals surface area contributed by atoms with Gasteiger partial charge in [-0.3, -0.25) is 4.90 Å². The van der Waals surface area contributed by atoms with Crippen molar-refractivity contribution >= 4 is 0 Å². The third kappa shape index (κ3) is 4.36. The first-order chi connectivity index (χ1) is 13.7. The number of hydrogen-bond acceptors (Lipinski definition) is 3. The van der Waals surface area contributed by atoms with Crippen LogP contribution in [0.15, 0.2) is 84.9 Å². The molecule has 1 N–H and O–H groups in total. The molecule has 1 fully saturated rings. The number of morpholine rings is 1. The maximum atomic E-state index is 13.6. The predicted molar refractivity (Wildman–Crippen MR) is 107 cm³/mol. The van der Waals surface area contributed by atoms with Crippen LogP contribution in [0.3, 0.4) is 0 Å². The summed E-state index contributed by atoms with van der Waals surface area (Å²) in [5.74, 6) is -0.318. The fraction of sp³-hybridized carbons (Fsp3) is 0.250. The molecule has 4 rings (SSSR count). The Morgan fingerprint density at radius 1 is 0.793 bits per heavy atom. The third-order valence-electron chi connectivity index (χ3n) is 5.42. The fourth-order valence-electron chi connectivity index (χ4n) is 4.07. The molecule has 0 aromatic heterocycles. The van der Waals surface area contributed by atoms with Crippen LogP contribution >= 0.6 is 0 Å². The van der Waals surface area contributed by atoms with Crippen molar-refractivity contribution < 1.29 is 26.6 Å². The average molecular weight is 413 g/mol. The van der Waals surface area contributed by atoms with Crippen LogP contribution in [0.4, 0.5) is 4.39 Å². The van der Waals surface area contributed by atoms with Gasteiger partial charge in [-0.2, -0.15) is 0 Å². The van der Waals surface area contributed by atoms with Crippen LogP contribution in [0.1, 0.15) is 22.7 Å². The highest BCUT2D eigenvalue weighted by Crippen LogP contribution is 2.44. The van der Waals surface area contributed by atoms with Crippen LogP contribution < -0.4 is 12.4 Å². The van der Waals surface area contributed by atoms with Gasteiger partial charge in [0.05, 0.1) is 19.3 Å². The molecule has 3 aromatic carbocycles. The molecule has 0 saturated carbocycles. The summed E-state index contributed by atoms with van der Waals surface area (Å²) in [5.41, 5.74) is 1.12. The van der Waals surface area contributed by atoms with Crippen LogP contribution in [-0.4, -0.2) is 36.3 Å². The molecule has 0 amide bonds. The Balaban J connectivity index is 0.00000240. The van der Waals surface area contributed by atoms with E-state index in [1.54, 1.807) is 12.1 Å². The smallest absolute Gasteiger partial charge is 0.134 e. The van der Waals surface area contributed by atoms with Crippen LogP contribution in [-0.2, 0) is 10.3 Å². The van der Waals surface area contributed by atoms with E-state index in [1.165, 1.54) is 12.1 Å². The Kier molecular flexibility index (Phi) is 7.04. The van der Waals surface area contributed by atoms with E-state index < -0.39 is 5.60 Å². The zero-order chi connectivity index (χ0) is 19.4. The number of hydrogen-bond donors (Lipinski definition) is 1. The van der Waals surface area contributed by atoms with Crippen LogP contribution in [0.2, 0.25) is 0 Å². The highest BCUT2D eigenvalue weighted by atomic mass is 35.5. The number of aliphatic hydroxyl groups is 1. The van der Waals surface area contributed by atoms with Crippen molar-refractivity contribution in [3.8, 4) is 0 Å². The molecule has 2 unspecified atom stereocenters. The molecule has 29 heavy (non-hydrogen) atoms. The lowest BCUT2D eigenvalue weighted by molar-refractivity contribution is -0.0619. The largest absolute Gasteiger partial charge is 1.00 e. The van der Waals surface area contributed by atoms with Gasteiger partial charge >= 0.3 is 0 Å². The zero-order valence-corrected chi connectivity index (χ0v) is 16.8. The summed E-state index contributed by atoms with van der Waals surface area (Å²) in [6, 6.07) is 25.5. The van der Waals surface area contributed by atoms with Gasteiger partial charge < -0.3 is 22.3 Å². The van der Waals surface area contributed by atoms with Gasteiger partial charge in [-0.25, -0.2) is 4.39 Å². The number of rotatable bonds is 5. The number of halogens is 2. The molecule has 0 bridgehead atoms. The molecule has 152 valence electrons. The lowest BCUT2D eigenvalue weighted by Gasteiger charge is -2.45. The molecule has 2 atom stereocenters. The van der Waals surface area contributed by atoms with Crippen molar-refractivity contribution in [2.45, 2.75) is 11.6 Å². The quantitative estimate of drug-likeness (QED) is 0.682. The van der Waals surface area contributed by atoms with E-state index in [4.69, 9.17) is 4.74 Å². The molecular formula is C24H24ClFNO2-. The highest BCUT2D eigenvalue weighted by molar-refractivity contribution is 5.41. The summed E-state index contributed by atoms with van der Waals surface area (Å²) < 4.78 is 19.2. The lowest BCUT2D eigenvalue weighted by Crippen LogP contribution is -3.00. The molecule has 1 saturated heterocycles. The van der Waals surface area contributed by atoms with E-state index >= 15 is 0 Å².